The maximum atomic E-state index is 5.72. The molecule has 1 saturated carbocycles. The van der Waals surface area contributed by atoms with Gasteiger partial charge in [0, 0.05) is 33.2 Å². The van der Waals surface area contributed by atoms with Crippen molar-refractivity contribution in [2.45, 2.75) is 44.4 Å². The molecule has 0 heterocycles. The standard InChI is InChI=1S/C12H26N2O2/c1-15-12(16-2)8-11(9-13)14-7-6-10-4-3-5-10/h10-12,14H,3-9,13H2,1-2H3. The van der Waals surface area contributed by atoms with E-state index in [-0.39, 0.29) is 6.29 Å². The Balaban J connectivity index is 2.09. The second-order valence-electron chi connectivity index (χ2n) is 4.61. The summed E-state index contributed by atoms with van der Waals surface area (Å²) in [6, 6.07) is 0.296. The van der Waals surface area contributed by atoms with Gasteiger partial charge in [-0.05, 0) is 18.9 Å². The fourth-order valence-corrected chi connectivity index (χ4v) is 2.06. The molecule has 0 aromatic heterocycles. The van der Waals surface area contributed by atoms with Gasteiger partial charge in [-0.3, -0.25) is 0 Å². The van der Waals surface area contributed by atoms with Crippen LogP contribution in [0.1, 0.15) is 32.1 Å². The average Bonchev–Trinajstić information content (AvgIpc) is 2.26. The lowest BCUT2D eigenvalue weighted by Crippen LogP contribution is -2.40. The number of ether oxygens (including phenoxy) is 2. The molecule has 0 aromatic rings. The highest BCUT2D eigenvalue weighted by atomic mass is 16.7. The summed E-state index contributed by atoms with van der Waals surface area (Å²) in [6.07, 6.45) is 6.18. The van der Waals surface area contributed by atoms with Crippen LogP contribution >= 0.6 is 0 Å². The van der Waals surface area contributed by atoms with Gasteiger partial charge in [-0.15, -0.1) is 0 Å². The molecule has 0 radical (unpaired) electrons. The van der Waals surface area contributed by atoms with Crippen LogP contribution in [0.25, 0.3) is 0 Å². The van der Waals surface area contributed by atoms with Crippen LogP contribution in [0.3, 0.4) is 0 Å². The normalized spacial score (nSPS) is 18.8. The first-order valence-electron chi connectivity index (χ1n) is 6.29. The van der Waals surface area contributed by atoms with Crippen molar-refractivity contribution in [3.8, 4) is 0 Å². The predicted molar refractivity (Wildman–Crippen MR) is 65.2 cm³/mol. The van der Waals surface area contributed by atoms with Crippen molar-refractivity contribution in [3.63, 3.8) is 0 Å². The lowest BCUT2D eigenvalue weighted by atomic mass is 9.83. The molecule has 1 fully saturated rings. The van der Waals surface area contributed by atoms with Crippen molar-refractivity contribution in [1.29, 1.82) is 0 Å². The largest absolute Gasteiger partial charge is 0.356 e. The quantitative estimate of drug-likeness (QED) is 0.582. The van der Waals surface area contributed by atoms with Gasteiger partial charge in [0.05, 0.1) is 0 Å². The molecule has 96 valence electrons. The van der Waals surface area contributed by atoms with Gasteiger partial charge >= 0.3 is 0 Å². The number of nitrogens with one attached hydrogen (secondary N) is 1. The van der Waals surface area contributed by atoms with Gasteiger partial charge in [0.15, 0.2) is 6.29 Å². The fourth-order valence-electron chi connectivity index (χ4n) is 2.06. The van der Waals surface area contributed by atoms with E-state index >= 15 is 0 Å². The Hall–Kier alpha value is -0.160. The molecule has 4 nitrogen and oxygen atoms in total. The van der Waals surface area contributed by atoms with Crippen LogP contribution < -0.4 is 11.1 Å². The highest BCUT2D eigenvalue weighted by Crippen LogP contribution is 2.28. The number of rotatable bonds is 9. The Morgan fingerprint density at radius 3 is 2.44 bits per heavy atom. The lowest BCUT2D eigenvalue weighted by molar-refractivity contribution is -0.110. The summed E-state index contributed by atoms with van der Waals surface area (Å²) in [4.78, 5) is 0. The molecule has 1 atom stereocenters. The summed E-state index contributed by atoms with van der Waals surface area (Å²) in [5, 5.41) is 3.48. The molecular weight excluding hydrogens is 204 g/mol. The van der Waals surface area contributed by atoms with Crippen LogP contribution in [-0.4, -0.2) is 39.6 Å². The Labute approximate surface area is 98.9 Å². The molecule has 3 N–H and O–H groups in total. The van der Waals surface area contributed by atoms with Crippen molar-refractivity contribution in [1.82, 2.24) is 5.32 Å². The SMILES string of the molecule is COC(CC(CN)NCCC1CCC1)OC. The highest BCUT2D eigenvalue weighted by Gasteiger charge is 2.18. The molecule has 0 bridgehead atoms. The van der Waals surface area contributed by atoms with E-state index in [0.29, 0.717) is 12.6 Å². The monoisotopic (exact) mass is 230 g/mol. The second kappa shape index (κ2) is 8.01. The molecule has 1 aliphatic carbocycles. The van der Waals surface area contributed by atoms with Gasteiger partial charge in [-0.1, -0.05) is 19.3 Å². The van der Waals surface area contributed by atoms with E-state index in [9.17, 15) is 0 Å². The molecular formula is C12H26N2O2. The minimum Gasteiger partial charge on any atom is -0.356 e. The van der Waals surface area contributed by atoms with Crippen LogP contribution in [-0.2, 0) is 9.47 Å². The minimum atomic E-state index is -0.148. The average molecular weight is 230 g/mol. The molecule has 1 unspecified atom stereocenters. The van der Waals surface area contributed by atoms with E-state index in [0.717, 1.165) is 18.9 Å². The third-order valence-electron chi connectivity index (χ3n) is 3.50. The third-order valence-corrected chi connectivity index (χ3v) is 3.50. The topological polar surface area (TPSA) is 56.5 Å². The van der Waals surface area contributed by atoms with Gasteiger partial charge < -0.3 is 20.5 Å². The molecule has 4 heteroatoms. The van der Waals surface area contributed by atoms with Gasteiger partial charge in [0.1, 0.15) is 0 Å². The van der Waals surface area contributed by atoms with Crippen molar-refractivity contribution >= 4 is 0 Å². The summed E-state index contributed by atoms with van der Waals surface area (Å²) >= 11 is 0. The first kappa shape index (κ1) is 13.9. The van der Waals surface area contributed by atoms with Crippen LogP contribution in [0.2, 0.25) is 0 Å². The highest BCUT2D eigenvalue weighted by molar-refractivity contribution is 4.74. The van der Waals surface area contributed by atoms with Crippen LogP contribution in [0.5, 0.6) is 0 Å². The molecule has 0 saturated heterocycles. The Morgan fingerprint density at radius 1 is 1.31 bits per heavy atom. The zero-order chi connectivity index (χ0) is 11.8. The first-order chi connectivity index (χ1) is 7.80. The minimum absolute atomic E-state index is 0.148. The smallest absolute Gasteiger partial charge is 0.158 e. The Morgan fingerprint density at radius 2 is 2.00 bits per heavy atom. The number of methoxy groups -OCH3 is 2. The van der Waals surface area contributed by atoms with E-state index in [1.165, 1.54) is 25.7 Å². The van der Waals surface area contributed by atoms with Gasteiger partial charge in [-0.2, -0.15) is 0 Å². The number of hydrogen-bond acceptors (Lipinski definition) is 4. The van der Waals surface area contributed by atoms with Gasteiger partial charge in [-0.25, -0.2) is 0 Å². The van der Waals surface area contributed by atoms with Gasteiger partial charge in [0.2, 0.25) is 0 Å². The van der Waals surface area contributed by atoms with E-state index in [4.69, 9.17) is 15.2 Å². The van der Waals surface area contributed by atoms with Crippen LogP contribution in [0.4, 0.5) is 0 Å². The Bertz CT molecular complexity index is 170. The van der Waals surface area contributed by atoms with Gasteiger partial charge in [0.25, 0.3) is 0 Å². The molecule has 0 spiro atoms. The van der Waals surface area contributed by atoms with E-state index in [1.807, 2.05) is 0 Å². The zero-order valence-electron chi connectivity index (χ0n) is 10.6. The summed E-state index contributed by atoms with van der Waals surface area (Å²) < 4.78 is 10.3. The van der Waals surface area contributed by atoms with Crippen molar-refractivity contribution in [3.05, 3.63) is 0 Å². The summed E-state index contributed by atoms with van der Waals surface area (Å²) in [6.45, 7) is 1.70. The molecule has 1 rings (SSSR count). The Kier molecular flexibility index (Phi) is 6.96. The third kappa shape index (κ3) is 4.78. The van der Waals surface area contributed by atoms with E-state index in [1.54, 1.807) is 14.2 Å². The van der Waals surface area contributed by atoms with Crippen molar-refractivity contribution in [2.24, 2.45) is 11.7 Å². The summed E-state index contributed by atoms with van der Waals surface area (Å²) in [5.41, 5.74) is 5.72. The number of nitrogens with two attached hydrogens (primary N) is 1. The zero-order valence-corrected chi connectivity index (χ0v) is 10.6. The van der Waals surface area contributed by atoms with E-state index < -0.39 is 0 Å². The maximum absolute atomic E-state index is 5.72. The van der Waals surface area contributed by atoms with Crippen LogP contribution in [0.15, 0.2) is 0 Å². The molecule has 1 aliphatic rings. The van der Waals surface area contributed by atoms with Crippen molar-refractivity contribution < 1.29 is 9.47 Å². The maximum Gasteiger partial charge on any atom is 0.158 e. The summed E-state index contributed by atoms with van der Waals surface area (Å²) in [7, 11) is 3.33. The fraction of sp³-hybridized carbons (Fsp3) is 1.00. The first-order valence-corrected chi connectivity index (χ1v) is 6.29. The van der Waals surface area contributed by atoms with E-state index in [2.05, 4.69) is 5.32 Å². The predicted octanol–water partition coefficient (Wildman–Crippen LogP) is 1.10. The lowest BCUT2D eigenvalue weighted by Gasteiger charge is -2.27. The molecule has 0 aliphatic heterocycles. The second-order valence-corrected chi connectivity index (χ2v) is 4.61. The number of hydrogen-bond donors (Lipinski definition) is 2. The van der Waals surface area contributed by atoms with Crippen molar-refractivity contribution in [2.75, 3.05) is 27.3 Å². The molecule has 0 aromatic carbocycles. The molecule has 16 heavy (non-hydrogen) atoms. The van der Waals surface area contributed by atoms with Crippen LogP contribution in [0, 0.1) is 5.92 Å². The summed E-state index contributed by atoms with van der Waals surface area (Å²) in [5.74, 6) is 0.951. The molecule has 0 amide bonds.